The van der Waals surface area contributed by atoms with Gasteiger partial charge < -0.3 is 5.32 Å². The largest absolute Gasteiger partial charge is 0.318 e. The van der Waals surface area contributed by atoms with Crippen molar-refractivity contribution in [3.63, 3.8) is 0 Å². The molecule has 0 aliphatic heterocycles. The summed E-state index contributed by atoms with van der Waals surface area (Å²) in [6.07, 6.45) is 3.28. The Hall–Kier alpha value is -2.02. The highest BCUT2D eigenvalue weighted by Gasteiger charge is 2.19. The van der Waals surface area contributed by atoms with E-state index in [-0.39, 0.29) is 5.91 Å². The van der Waals surface area contributed by atoms with Crippen molar-refractivity contribution in [2.75, 3.05) is 5.32 Å². The lowest BCUT2D eigenvalue weighted by molar-refractivity contribution is 0.101. The van der Waals surface area contributed by atoms with Crippen LogP contribution in [0, 0.1) is 6.92 Å². The molecule has 0 fully saturated rings. The topological polar surface area (TPSA) is 64.7 Å². The minimum absolute atomic E-state index is 0.302. The predicted molar refractivity (Wildman–Crippen MR) is 98.7 cm³/mol. The molecule has 0 atom stereocenters. The van der Waals surface area contributed by atoms with E-state index in [1.54, 1.807) is 43.2 Å². The molecule has 9 heteroatoms. The van der Waals surface area contributed by atoms with E-state index in [0.717, 1.165) is 5.56 Å². The number of benzene rings is 1. The van der Waals surface area contributed by atoms with E-state index in [1.165, 1.54) is 4.68 Å². The van der Waals surface area contributed by atoms with Crippen LogP contribution in [-0.2, 0) is 13.6 Å². The summed E-state index contributed by atoms with van der Waals surface area (Å²) in [5.74, 6) is -0.345. The molecule has 0 saturated heterocycles. The SMILES string of the molecule is Cc1nn(C)c(C(=O)Nc2cnn(Cc3ccc(Cl)c(Cl)c3)c2)c1Cl. The Morgan fingerprint density at radius 1 is 1.24 bits per heavy atom. The Morgan fingerprint density at radius 2 is 2.00 bits per heavy atom. The molecule has 1 amide bonds. The van der Waals surface area contributed by atoms with Gasteiger partial charge in [-0.25, -0.2) is 0 Å². The monoisotopic (exact) mass is 397 g/mol. The van der Waals surface area contributed by atoms with Gasteiger partial charge in [0.05, 0.1) is 39.2 Å². The summed E-state index contributed by atoms with van der Waals surface area (Å²) in [6, 6.07) is 5.38. The van der Waals surface area contributed by atoms with E-state index in [1.807, 2.05) is 6.07 Å². The molecule has 0 unspecified atom stereocenters. The molecule has 130 valence electrons. The molecular weight excluding hydrogens is 385 g/mol. The molecule has 1 aromatic carbocycles. The highest BCUT2D eigenvalue weighted by atomic mass is 35.5. The van der Waals surface area contributed by atoms with Crippen LogP contribution >= 0.6 is 34.8 Å². The maximum atomic E-state index is 12.4. The average molecular weight is 399 g/mol. The van der Waals surface area contributed by atoms with Crippen LogP contribution in [0.15, 0.2) is 30.6 Å². The molecule has 3 aromatic rings. The Morgan fingerprint density at radius 3 is 2.64 bits per heavy atom. The number of nitrogens with zero attached hydrogens (tertiary/aromatic N) is 4. The van der Waals surface area contributed by atoms with E-state index in [2.05, 4.69) is 15.5 Å². The number of aromatic nitrogens is 4. The van der Waals surface area contributed by atoms with Crippen LogP contribution in [0.5, 0.6) is 0 Å². The van der Waals surface area contributed by atoms with Crippen LogP contribution in [0.2, 0.25) is 15.1 Å². The van der Waals surface area contributed by atoms with Crippen LogP contribution in [0.25, 0.3) is 0 Å². The number of hydrogen-bond acceptors (Lipinski definition) is 3. The van der Waals surface area contributed by atoms with E-state index >= 15 is 0 Å². The zero-order valence-corrected chi connectivity index (χ0v) is 15.7. The van der Waals surface area contributed by atoms with Crippen molar-refractivity contribution >= 4 is 46.4 Å². The zero-order chi connectivity index (χ0) is 18.1. The summed E-state index contributed by atoms with van der Waals surface area (Å²) in [5, 5.41) is 12.5. The van der Waals surface area contributed by atoms with Gasteiger partial charge in [-0.2, -0.15) is 10.2 Å². The molecule has 0 aliphatic carbocycles. The highest BCUT2D eigenvalue weighted by Crippen LogP contribution is 2.23. The summed E-state index contributed by atoms with van der Waals surface area (Å²) in [7, 11) is 1.67. The minimum Gasteiger partial charge on any atom is -0.318 e. The summed E-state index contributed by atoms with van der Waals surface area (Å²) in [4.78, 5) is 12.4. The summed E-state index contributed by atoms with van der Waals surface area (Å²) in [6.45, 7) is 2.24. The molecule has 0 aliphatic rings. The van der Waals surface area contributed by atoms with Gasteiger partial charge in [-0.3, -0.25) is 14.2 Å². The standard InChI is InChI=1S/C16H14Cl3N5O/c1-9-14(19)15(23(2)22-9)16(25)21-11-6-20-24(8-11)7-10-3-4-12(17)13(18)5-10/h3-6,8H,7H2,1-2H3,(H,21,25). The van der Waals surface area contributed by atoms with Gasteiger partial charge in [0.2, 0.25) is 0 Å². The predicted octanol–water partition coefficient (Wildman–Crippen LogP) is 4.19. The molecule has 2 aromatic heterocycles. The first-order chi connectivity index (χ1) is 11.8. The summed E-state index contributed by atoms with van der Waals surface area (Å²) in [5.41, 5.74) is 2.40. The molecule has 6 nitrogen and oxygen atoms in total. The highest BCUT2D eigenvalue weighted by molar-refractivity contribution is 6.42. The van der Waals surface area contributed by atoms with Crippen molar-refractivity contribution in [1.29, 1.82) is 0 Å². The lowest BCUT2D eigenvalue weighted by Gasteiger charge is -2.04. The summed E-state index contributed by atoms with van der Waals surface area (Å²) >= 11 is 18.1. The van der Waals surface area contributed by atoms with Gasteiger partial charge in [-0.1, -0.05) is 40.9 Å². The van der Waals surface area contributed by atoms with E-state index in [9.17, 15) is 4.79 Å². The second-order valence-electron chi connectivity index (χ2n) is 5.50. The van der Waals surface area contributed by atoms with Crippen molar-refractivity contribution in [2.45, 2.75) is 13.5 Å². The van der Waals surface area contributed by atoms with Crippen LogP contribution < -0.4 is 5.32 Å². The first-order valence-corrected chi connectivity index (χ1v) is 8.45. The fourth-order valence-electron chi connectivity index (χ4n) is 2.41. The maximum absolute atomic E-state index is 12.4. The van der Waals surface area contributed by atoms with Gasteiger partial charge in [-0.15, -0.1) is 0 Å². The van der Waals surface area contributed by atoms with Crippen LogP contribution in [0.1, 0.15) is 21.7 Å². The number of halogens is 3. The molecular formula is C16H14Cl3N5O. The Balaban J connectivity index is 1.73. The van der Waals surface area contributed by atoms with E-state index < -0.39 is 0 Å². The number of amides is 1. The number of carbonyl (C=O) groups is 1. The maximum Gasteiger partial charge on any atom is 0.275 e. The van der Waals surface area contributed by atoms with Crippen molar-refractivity contribution in [1.82, 2.24) is 19.6 Å². The molecule has 25 heavy (non-hydrogen) atoms. The molecule has 0 spiro atoms. The van der Waals surface area contributed by atoms with Crippen molar-refractivity contribution < 1.29 is 4.79 Å². The number of rotatable bonds is 4. The Kier molecular flexibility index (Phi) is 5.03. The number of anilines is 1. The van der Waals surface area contributed by atoms with Crippen molar-refractivity contribution in [3.8, 4) is 0 Å². The van der Waals surface area contributed by atoms with E-state index in [0.29, 0.717) is 38.7 Å². The molecule has 3 rings (SSSR count). The quantitative estimate of drug-likeness (QED) is 0.717. The van der Waals surface area contributed by atoms with Crippen molar-refractivity contribution in [3.05, 3.63) is 62.6 Å². The fraction of sp³-hybridized carbons (Fsp3) is 0.188. The molecule has 0 saturated carbocycles. The Bertz CT molecular complexity index is 947. The Labute approximate surface area is 159 Å². The number of hydrogen-bond donors (Lipinski definition) is 1. The third kappa shape index (κ3) is 3.81. The fourth-order valence-corrected chi connectivity index (χ4v) is 2.98. The lowest BCUT2D eigenvalue weighted by Crippen LogP contribution is -2.16. The number of carbonyl (C=O) groups excluding carboxylic acids is 1. The van der Waals surface area contributed by atoms with Gasteiger partial charge >= 0.3 is 0 Å². The smallest absolute Gasteiger partial charge is 0.275 e. The van der Waals surface area contributed by atoms with Crippen molar-refractivity contribution in [2.24, 2.45) is 7.05 Å². The molecule has 2 heterocycles. The molecule has 0 radical (unpaired) electrons. The van der Waals surface area contributed by atoms with E-state index in [4.69, 9.17) is 34.8 Å². The average Bonchev–Trinajstić information content (AvgIpc) is 3.07. The zero-order valence-electron chi connectivity index (χ0n) is 13.4. The second kappa shape index (κ2) is 7.07. The van der Waals surface area contributed by atoms with Crippen LogP contribution in [0.3, 0.4) is 0 Å². The van der Waals surface area contributed by atoms with Gasteiger partial charge in [0.15, 0.2) is 0 Å². The summed E-state index contributed by atoms with van der Waals surface area (Å²) < 4.78 is 3.14. The third-order valence-corrected chi connectivity index (χ3v) is 4.78. The second-order valence-corrected chi connectivity index (χ2v) is 6.69. The number of nitrogens with one attached hydrogen (secondary N) is 1. The van der Waals surface area contributed by atoms with Gasteiger partial charge in [0.25, 0.3) is 5.91 Å². The first-order valence-electron chi connectivity index (χ1n) is 7.32. The number of aryl methyl sites for hydroxylation is 2. The third-order valence-electron chi connectivity index (χ3n) is 3.58. The van der Waals surface area contributed by atoms with Gasteiger partial charge in [-0.05, 0) is 24.6 Å². The normalized spacial score (nSPS) is 10.9. The lowest BCUT2D eigenvalue weighted by atomic mass is 10.2. The van der Waals surface area contributed by atoms with Crippen LogP contribution in [0.4, 0.5) is 5.69 Å². The van der Waals surface area contributed by atoms with Gasteiger partial charge in [0.1, 0.15) is 5.69 Å². The molecule has 0 bridgehead atoms. The van der Waals surface area contributed by atoms with Gasteiger partial charge in [0, 0.05) is 13.2 Å². The van der Waals surface area contributed by atoms with Crippen LogP contribution in [-0.4, -0.2) is 25.5 Å². The molecule has 1 N–H and O–H groups in total. The minimum atomic E-state index is -0.345. The first kappa shape index (κ1) is 17.8.